The Morgan fingerprint density at radius 2 is 1.70 bits per heavy atom. The van der Waals surface area contributed by atoms with E-state index < -0.39 is 22.5 Å². The Kier molecular flexibility index (Phi) is 7.74. The highest BCUT2D eigenvalue weighted by atomic mass is 32.2. The van der Waals surface area contributed by atoms with Crippen LogP contribution in [0.3, 0.4) is 0 Å². The molecule has 172 valence electrons. The number of hydrogen-bond donors (Lipinski definition) is 1. The molecule has 0 aromatic heterocycles. The van der Waals surface area contributed by atoms with Crippen molar-refractivity contribution in [3.05, 3.63) is 91.0 Å². The number of anilines is 2. The highest BCUT2D eigenvalue weighted by Gasteiger charge is 2.29. The first-order chi connectivity index (χ1) is 15.8. The van der Waals surface area contributed by atoms with E-state index in [-0.39, 0.29) is 10.6 Å². The Labute approximate surface area is 194 Å². The van der Waals surface area contributed by atoms with E-state index >= 15 is 0 Å². The van der Waals surface area contributed by atoms with Gasteiger partial charge in [0.2, 0.25) is 5.91 Å². The van der Waals surface area contributed by atoms with Crippen LogP contribution in [-0.4, -0.2) is 34.6 Å². The summed E-state index contributed by atoms with van der Waals surface area (Å²) < 4.78 is 38.9. The van der Waals surface area contributed by atoms with E-state index in [1.165, 1.54) is 19.2 Å². The Hall–Kier alpha value is -3.78. The third kappa shape index (κ3) is 5.93. The minimum Gasteiger partial charge on any atom is -0.495 e. The lowest BCUT2D eigenvalue weighted by Crippen LogP contribution is -2.38. The summed E-state index contributed by atoms with van der Waals surface area (Å²) in [5.41, 5.74) is 1.71. The van der Waals surface area contributed by atoms with Gasteiger partial charge in [-0.05, 0) is 55.5 Å². The summed E-state index contributed by atoms with van der Waals surface area (Å²) >= 11 is 0. The molecule has 0 atom stereocenters. The highest BCUT2D eigenvalue weighted by molar-refractivity contribution is 7.92. The van der Waals surface area contributed by atoms with E-state index in [0.29, 0.717) is 23.8 Å². The molecule has 0 spiro atoms. The van der Waals surface area contributed by atoms with Gasteiger partial charge < -0.3 is 14.8 Å². The number of aryl methyl sites for hydroxylation is 1. The predicted octanol–water partition coefficient (Wildman–Crippen LogP) is 4.40. The van der Waals surface area contributed by atoms with E-state index in [4.69, 9.17) is 9.47 Å². The molecule has 0 aliphatic rings. The number of nitrogens with one attached hydrogen (secondary N) is 1. The number of methoxy groups -OCH3 is 1. The van der Waals surface area contributed by atoms with Gasteiger partial charge in [0.25, 0.3) is 10.0 Å². The second-order valence-corrected chi connectivity index (χ2v) is 9.03. The average molecular weight is 467 g/mol. The van der Waals surface area contributed by atoms with Crippen molar-refractivity contribution in [1.82, 2.24) is 0 Å². The number of carbonyl (C=O) groups excluding carboxylic acids is 1. The molecule has 0 radical (unpaired) electrons. The van der Waals surface area contributed by atoms with Crippen LogP contribution in [0.25, 0.3) is 0 Å². The van der Waals surface area contributed by atoms with Gasteiger partial charge in [-0.2, -0.15) is 0 Å². The molecule has 7 nitrogen and oxygen atoms in total. The van der Waals surface area contributed by atoms with Crippen LogP contribution in [0.4, 0.5) is 11.4 Å². The molecule has 0 saturated carbocycles. The van der Waals surface area contributed by atoms with Crippen LogP contribution in [0.15, 0.2) is 90.3 Å². The van der Waals surface area contributed by atoms with Crippen LogP contribution >= 0.6 is 0 Å². The first-order valence-corrected chi connectivity index (χ1v) is 11.6. The standard InChI is InChI=1S/C25H26N2O5S/c1-4-17-32-21-13-11-20(12-14-21)26-25(28)18-27(23-7-5-6-8-24(23)31-3)33(29,30)22-15-9-19(2)10-16-22/h4-16H,1,17-18H2,2-3H3,(H,26,28). The molecular weight excluding hydrogens is 440 g/mol. The first kappa shape index (κ1) is 23.9. The van der Waals surface area contributed by atoms with Gasteiger partial charge in [-0.15, -0.1) is 0 Å². The van der Waals surface area contributed by atoms with E-state index in [0.717, 1.165) is 9.87 Å². The van der Waals surface area contributed by atoms with Gasteiger partial charge in [0.1, 0.15) is 24.7 Å². The Morgan fingerprint density at radius 3 is 2.33 bits per heavy atom. The minimum atomic E-state index is -4.04. The fourth-order valence-corrected chi connectivity index (χ4v) is 4.53. The van der Waals surface area contributed by atoms with E-state index in [1.54, 1.807) is 66.7 Å². The zero-order valence-electron chi connectivity index (χ0n) is 18.5. The van der Waals surface area contributed by atoms with Crippen LogP contribution in [0.1, 0.15) is 5.56 Å². The van der Waals surface area contributed by atoms with Gasteiger partial charge >= 0.3 is 0 Å². The van der Waals surface area contributed by atoms with Crippen molar-refractivity contribution >= 4 is 27.3 Å². The number of amides is 1. The van der Waals surface area contributed by atoms with E-state index in [9.17, 15) is 13.2 Å². The number of nitrogens with zero attached hydrogens (tertiary/aromatic N) is 1. The van der Waals surface area contributed by atoms with Gasteiger partial charge in [-0.1, -0.05) is 42.5 Å². The maximum atomic E-state index is 13.5. The SMILES string of the molecule is C=CCOc1ccc(NC(=O)CN(c2ccccc2OC)S(=O)(=O)c2ccc(C)cc2)cc1. The molecule has 0 bridgehead atoms. The van der Waals surface area contributed by atoms with Crippen molar-refractivity contribution in [2.75, 3.05) is 29.9 Å². The quantitative estimate of drug-likeness (QED) is 0.448. The number of ether oxygens (including phenoxy) is 2. The molecule has 1 N–H and O–H groups in total. The molecule has 0 aliphatic heterocycles. The van der Waals surface area contributed by atoms with Crippen LogP contribution in [-0.2, 0) is 14.8 Å². The van der Waals surface area contributed by atoms with Crippen molar-refractivity contribution in [3.63, 3.8) is 0 Å². The van der Waals surface area contributed by atoms with Crippen molar-refractivity contribution in [1.29, 1.82) is 0 Å². The number of rotatable bonds is 10. The lowest BCUT2D eigenvalue weighted by atomic mass is 10.2. The smallest absolute Gasteiger partial charge is 0.264 e. The van der Waals surface area contributed by atoms with Crippen LogP contribution in [0.5, 0.6) is 11.5 Å². The molecule has 0 aliphatic carbocycles. The lowest BCUT2D eigenvalue weighted by molar-refractivity contribution is -0.114. The lowest BCUT2D eigenvalue weighted by Gasteiger charge is -2.25. The Bertz CT molecular complexity index is 1210. The van der Waals surface area contributed by atoms with Crippen LogP contribution in [0, 0.1) is 6.92 Å². The van der Waals surface area contributed by atoms with Gasteiger partial charge in [-0.3, -0.25) is 9.10 Å². The average Bonchev–Trinajstić information content (AvgIpc) is 2.82. The zero-order valence-corrected chi connectivity index (χ0v) is 19.3. The second kappa shape index (κ2) is 10.7. The fourth-order valence-electron chi connectivity index (χ4n) is 3.09. The number of carbonyl (C=O) groups is 1. The molecule has 3 aromatic rings. The minimum absolute atomic E-state index is 0.0792. The Morgan fingerprint density at radius 1 is 1.03 bits per heavy atom. The number of hydrogen-bond acceptors (Lipinski definition) is 5. The summed E-state index contributed by atoms with van der Waals surface area (Å²) in [4.78, 5) is 13.0. The van der Waals surface area contributed by atoms with Crippen LogP contribution < -0.4 is 19.1 Å². The highest BCUT2D eigenvalue weighted by Crippen LogP contribution is 2.32. The maximum Gasteiger partial charge on any atom is 0.264 e. The van der Waals surface area contributed by atoms with Gasteiger partial charge in [0.05, 0.1) is 17.7 Å². The first-order valence-electron chi connectivity index (χ1n) is 10.2. The third-order valence-corrected chi connectivity index (χ3v) is 6.53. The molecular formula is C25H26N2O5S. The number of para-hydroxylation sites is 2. The summed E-state index contributed by atoms with van der Waals surface area (Å²) in [5.74, 6) is 0.464. The zero-order chi connectivity index (χ0) is 23.8. The summed E-state index contributed by atoms with van der Waals surface area (Å²) in [6.45, 7) is 5.40. The van der Waals surface area contributed by atoms with Crippen molar-refractivity contribution < 1.29 is 22.7 Å². The molecule has 3 aromatic carbocycles. The predicted molar refractivity (Wildman–Crippen MR) is 129 cm³/mol. The van der Waals surface area contributed by atoms with Crippen LogP contribution in [0.2, 0.25) is 0 Å². The Balaban J connectivity index is 1.89. The second-order valence-electron chi connectivity index (χ2n) is 7.17. The van der Waals surface area contributed by atoms with Gasteiger partial charge in [-0.25, -0.2) is 8.42 Å². The van der Waals surface area contributed by atoms with Crippen molar-refractivity contribution in [2.45, 2.75) is 11.8 Å². The number of benzene rings is 3. The molecule has 0 unspecified atom stereocenters. The normalized spacial score (nSPS) is 10.8. The molecule has 0 fully saturated rings. The largest absolute Gasteiger partial charge is 0.495 e. The van der Waals surface area contributed by atoms with E-state index in [1.807, 2.05) is 6.92 Å². The summed E-state index contributed by atoms with van der Waals surface area (Å²) in [7, 11) is -2.59. The maximum absolute atomic E-state index is 13.5. The number of sulfonamides is 1. The van der Waals surface area contributed by atoms with Gasteiger partial charge in [0.15, 0.2) is 0 Å². The van der Waals surface area contributed by atoms with Gasteiger partial charge in [0, 0.05) is 5.69 Å². The summed E-state index contributed by atoms with van der Waals surface area (Å²) in [6, 6.07) is 19.9. The molecule has 3 rings (SSSR count). The summed E-state index contributed by atoms with van der Waals surface area (Å²) in [6.07, 6.45) is 1.64. The topological polar surface area (TPSA) is 84.9 Å². The molecule has 33 heavy (non-hydrogen) atoms. The third-order valence-electron chi connectivity index (χ3n) is 4.76. The molecule has 0 heterocycles. The molecule has 0 saturated heterocycles. The van der Waals surface area contributed by atoms with E-state index in [2.05, 4.69) is 11.9 Å². The van der Waals surface area contributed by atoms with Crippen molar-refractivity contribution in [2.24, 2.45) is 0 Å². The summed E-state index contributed by atoms with van der Waals surface area (Å²) in [5, 5.41) is 2.73. The van der Waals surface area contributed by atoms with Crippen molar-refractivity contribution in [3.8, 4) is 11.5 Å². The monoisotopic (exact) mass is 466 g/mol. The molecule has 1 amide bonds. The fraction of sp³-hybridized carbons (Fsp3) is 0.160. The molecule has 8 heteroatoms.